The maximum absolute atomic E-state index is 10.9. The highest BCUT2D eigenvalue weighted by atomic mass is 16.4. The van der Waals surface area contributed by atoms with Gasteiger partial charge < -0.3 is 21.1 Å². The number of carboxylic acid groups (broad SMARTS) is 1. The van der Waals surface area contributed by atoms with Gasteiger partial charge in [0.25, 0.3) is 0 Å². The normalized spacial score (nSPS) is 15.7. The molecule has 0 amide bonds. The van der Waals surface area contributed by atoms with E-state index in [4.69, 9.17) is 10.8 Å². The summed E-state index contributed by atoms with van der Waals surface area (Å²) in [6.07, 6.45) is 5.17. The molecule has 6 nitrogen and oxygen atoms in total. The molecule has 1 fully saturated rings. The Hall–Kier alpha value is -1.82. The van der Waals surface area contributed by atoms with Gasteiger partial charge >= 0.3 is 5.97 Å². The van der Waals surface area contributed by atoms with E-state index in [2.05, 4.69) is 22.2 Å². The Labute approximate surface area is 119 Å². The molecule has 0 radical (unpaired) electrons. The van der Waals surface area contributed by atoms with Gasteiger partial charge in [-0.3, -0.25) is 0 Å². The molecule has 6 heteroatoms. The van der Waals surface area contributed by atoms with Gasteiger partial charge in [-0.2, -0.15) is 0 Å². The zero-order valence-electron chi connectivity index (χ0n) is 11.8. The molecule has 1 heterocycles. The number of carboxylic acids is 1. The summed E-state index contributed by atoms with van der Waals surface area (Å²) in [6, 6.07) is 3.65. The molecule has 1 aromatic rings. The van der Waals surface area contributed by atoms with Crippen LogP contribution >= 0.6 is 0 Å². The second-order valence-electron chi connectivity index (χ2n) is 5.29. The molecule has 0 atom stereocenters. The first-order chi connectivity index (χ1) is 9.58. The van der Waals surface area contributed by atoms with Crippen LogP contribution in [0.3, 0.4) is 0 Å². The first kappa shape index (κ1) is 14.6. The molecule has 0 bridgehead atoms. The zero-order valence-corrected chi connectivity index (χ0v) is 11.8. The maximum Gasteiger partial charge on any atom is 0.354 e. The molecule has 0 saturated heterocycles. The average Bonchev–Trinajstić information content (AvgIpc) is 2.94. The first-order valence-electron chi connectivity index (χ1n) is 7.02. The van der Waals surface area contributed by atoms with Crippen LogP contribution in [0.4, 0.5) is 11.5 Å². The quantitative estimate of drug-likeness (QED) is 0.733. The number of anilines is 2. The van der Waals surface area contributed by atoms with E-state index in [1.165, 1.54) is 31.7 Å². The molecular formula is C14H22N4O2. The molecule has 2 rings (SSSR count). The molecule has 1 aromatic heterocycles. The molecule has 110 valence electrons. The number of pyridine rings is 1. The number of hydrogen-bond acceptors (Lipinski definition) is 5. The van der Waals surface area contributed by atoms with Crippen molar-refractivity contribution in [3.63, 3.8) is 0 Å². The van der Waals surface area contributed by atoms with Crippen LogP contribution in [0.1, 0.15) is 36.2 Å². The Morgan fingerprint density at radius 3 is 2.85 bits per heavy atom. The smallest absolute Gasteiger partial charge is 0.354 e. The third-order valence-electron chi connectivity index (χ3n) is 3.85. The first-order valence-corrected chi connectivity index (χ1v) is 7.02. The second kappa shape index (κ2) is 6.56. The van der Waals surface area contributed by atoms with Crippen molar-refractivity contribution in [1.29, 1.82) is 0 Å². The Morgan fingerprint density at radius 1 is 1.50 bits per heavy atom. The number of hydrogen-bond donors (Lipinski definition) is 3. The van der Waals surface area contributed by atoms with Crippen LogP contribution < -0.4 is 11.1 Å². The topological polar surface area (TPSA) is 91.5 Å². The zero-order chi connectivity index (χ0) is 14.5. The average molecular weight is 278 g/mol. The number of carbonyl (C=O) groups is 1. The van der Waals surface area contributed by atoms with Crippen molar-refractivity contribution in [2.24, 2.45) is 0 Å². The third kappa shape index (κ3) is 3.60. The number of likely N-dealkylation sites (N-methyl/N-ethyl adjacent to an activating group) is 1. The highest BCUT2D eigenvalue weighted by Crippen LogP contribution is 2.22. The van der Waals surface area contributed by atoms with Gasteiger partial charge in [-0.25, -0.2) is 9.78 Å². The lowest BCUT2D eigenvalue weighted by Crippen LogP contribution is -2.33. The highest BCUT2D eigenvalue weighted by Gasteiger charge is 2.19. The minimum Gasteiger partial charge on any atom is -0.477 e. The molecule has 0 aliphatic heterocycles. The molecule has 4 N–H and O–H groups in total. The lowest BCUT2D eigenvalue weighted by atomic mass is 10.2. The van der Waals surface area contributed by atoms with Crippen molar-refractivity contribution >= 4 is 17.5 Å². The summed E-state index contributed by atoms with van der Waals surface area (Å²) in [5, 5.41) is 12.0. The van der Waals surface area contributed by atoms with Gasteiger partial charge in [0.2, 0.25) is 0 Å². The van der Waals surface area contributed by atoms with Crippen LogP contribution in [0.15, 0.2) is 12.1 Å². The summed E-state index contributed by atoms with van der Waals surface area (Å²) in [7, 11) is 2.13. The van der Waals surface area contributed by atoms with Crippen LogP contribution in [-0.4, -0.2) is 47.1 Å². The highest BCUT2D eigenvalue weighted by molar-refractivity contribution is 5.86. The van der Waals surface area contributed by atoms with Crippen molar-refractivity contribution in [1.82, 2.24) is 9.88 Å². The number of aromatic carboxylic acids is 1. The molecular weight excluding hydrogens is 256 g/mol. The van der Waals surface area contributed by atoms with E-state index in [1.807, 2.05) is 0 Å². The van der Waals surface area contributed by atoms with Gasteiger partial charge in [0.15, 0.2) is 5.69 Å². The summed E-state index contributed by atoms with van der Waals surface area (Å²) in [6.45, 7) is 1.59. The Kier molecular flexibility index (Phi) is 4.79. The summed E-state index contributed by atoms with van der Waals surface area (Å²) in [5.41, 5.74) is 6.27. The molecule has 1 aliphatic rings. The lowest BCUT2D eigenvalue weighted by Gasteiger charge is -2.24. The van der Waals surface area contributed by atoms with Crippen LogP contribution in [0, 0.1) is 0 Å². The van der Waals surface area contributed by atoms with E-state index in [1.54, 1.807) is 6.07 Å². The van der Waals surface area contributed by atoms with Gasteiger partial charge in [0.05, 0.1) is 5.69 Å². The van der Waals surface area contributed by atoms with Crippen LogP contribution in [0.2, 0.25) is 0 Å². The predicted molar refractivity (Wildman–Crippen MR) is 79.0 cm³/mol. The number of aromatic nitrogens is 1. The number of nitrogens with two attached hydrogens (primary N) is 1. The number of nitrogens with one attached hydrogen (secondary N) is 1. The van der Waals surface area contributed by atoms with Gasteiger partial charge in [-0.05, 0) is 32.0 Å². The third-order valence-corrected chi connectivity index (χ3v) is 3.85. The van der Waals surface area contributed by atoms with E-state index in [0.717, 1.165) is 6.54 Å². The van der Waals surface area contributed by atoms with Crippen molar-refractivity contribution in [2.75, 3.05) is 31.2 Å². The van der Waals surface area contributed by atoms with E-state index >= 15 is 0 Å². The van der Waals surface area contributed by atoms with Crippen molar-refractivity contribution in [2.45, 2.75) is 31.7 Å². The monoisotopic (exact) mass is 278 g/mol. The molecule has 0 spiro atoms. The molecule has 20 heavy (non-hydrogen) atoms. The van der Waals surface area contributed by atoms with Gasteiger partial charge in [0.1, 0.15) is 5.82 Å². The molecule has 0 aromatic carbocycles. The van der Waals surface area contributed by atoms with Gasteiger partial charge in [0, 0.05) is 19.1 Å². The van der Waals surface area contributed by atoms with Crippen LogP contribution in [-0.2, 0) is 0 Å². The van der Waals surface area contributed by atoms with Crippen molar-refractivity contribution in [3.05, 3.63) is 17.8 Å². The van der Waals surface area contributed by atoms with Crippen molar-refractivity contribution in [3.8, 4) is 0 Å². The van der Waals surface area contributed by atoms with E-state index in [-0.39, 0.29) is 5.69 Å². The standard InChI is InChI=1S/C14H22N4O2/c1-18(10-4-2-3-5-10)9-8-16-13-11(15)6-7-12(17-13)14(19)20/h6-7,10H,2-5,8-9,15H2,1H3,(H,16,17)(H,19,20). The summed E-state index contributed by atoms with van der Waals surface area (Å²) >= 11 is 0. The van der Waals surface area contributed by atoms with E-state index in [0.29, 0.717) is 24.1 Å². The fraction of sp³-hybridized carbons (Fsp3) is 0.571. The second-order valence-corrected chi connectivity index (χ2v) is 5.29. The minimum absolute atomic E-state index is 0.00541. The minimum atomic E-state index is -1.05. The van der Waals surface area contributed by atoms with Gasteiger partial charge in [-0.1, -0.05) is 12.8 Å². The fourth-order valence-corrected chi connectivity index (χ4v) is 2.61. The molecule has 1 saturated carbocycles. The fourth-order valence-electron chi connectivity index (χ4n) is 2.61. The number of nitrogen functional groups attached to an aromatic ring is 1. The summed E-state index contributed by atoms with van der Waals surface area (Å²) < 4.78 is 0. The van der Waals surface area contributed by atoms with Crippen LogP contribution in [0.5, 0.6) is 0 Å². The van der Waals surface area contributed by atoms with E-state index < -0.39 is 5.97 Å². The predicted octanol–water partition coefficient (Wildman–Crippen LogP) is 1.65. The largest absolute Gasteiger partial charge is 0.477 e. The molecule has 1 aliphatic carbocycles. The maximum atomic E-state index is 10.9. The number of nitrogens with zero attached hydrogens (tertiary/aromatic N) is 2. The summed E-state index contributed by atoms with van der Waals surface area (Å²) in [5.74, 6) is -0.596. The lowest BCUT2D eigenvalue weighted by molar-refractivity contribution is 0.0690. The molecule has 0 unspecified atom stereocenters. The van der Waals surface area contributed by atoms with Crippen LogP contribution in [0.25, 0.3) is 0 Å². The Morgan fingerprint density at radius 2 is 2.20 bits per heavy atom. The SMILES string of the molecule is CN(CCNc1nc(C(=O)O)ccc1N)C1CCCC1. The Bertz CT molecular complexity index is 472. The van der Waals surface area contributed by atoms with Crippen molar-refractivity contribution < 1.29 is 9.90 Å². The number of rotatable bonds is 6. The van der Waals surface area contributed by atoms with E-state index in [9.17, 15) is 4.79 Å². The Balaban J connectivity index is 1.87. The van der Waals surface area contributed by atoms with Gasteiger partial charge in [-0.15, -0.1) is 0 Å². The summed E-state index contributed by atoms with van der Waals surface area (Å²) in [4.78, 5) is 17.2.